The van der Waals surface area contributed by atoms with Crippen molar-refractivity contribution in [2.75, 3.05) is 13.1 Å². The summed E-state index contributed by atoms with van der Waals surface area (Å²) in [4.78, 5) is 10.4. The van der Waals surface area contributed by atoms with Crippen LogP contribution in [0.5, 0.6) is 0 Å². The van der Waals surface area contributed by atoms with E-state index in [1.165, 1.54) is 28.6 Å². The Labute approximate surface area is 244 Å². The fourth-order valence-corrected chi connectivity index (χ4v) is 8.43. The van der Waals surface area contributed by atoms with Crippen LogP contribution in [0.2, 0.25) is 0 Å². The Bertz CT molecular complexity index is 2120. The van der Waals surface area contributed by atoms with Crippen LogP contribution in [-0.4, -0.2) is 39.2 Å². The highest BCUT2D eigenvalue weighted by Gasteiger charge is 2.30. The van der Waals surface area contributed by atoms with Crippen molar-refractivity contribution in [2.45, 2.75) is 29.2 Å². The molecular formula is C32H24N2O6S2. The van der Waals surface area contributed by atoms with Gasteiger partial charge in [-0.2, -0.15) is 4.31 Å². The van der Waals surface area contributed by atoms with E-state index in [4.69, 9.17) is 0 Å². The van der Waals surface area contributed by atoms with Crippen molar-refractivity contribution >= 4 is 36.3 Å². The molecule has 0 saturated carbocycles. The fourth-order valence-electron chi connectivity index (χ4n) is 5.45. The minimum atomic E-state index is -4.00. The highest BCUT2D eigenvalue weighted by molar-refractivity contribution is 7.90. The molecule has 0 spiro atoms. The van der Waals surface area contributed by atoms with Crippen LogP contribution in [0.15, 0.2) is 77.7 Å². The van der Waals surface area contributed by atoms with Gasteiger partial charge < -0.3 is 0 Å². The molecule has 8 nitrogen and oxygen atoms in total. The lowest BCUT2D eigenvalue weighted by atomic mass is 9.87. The molecule has 0 N–H and O–H groups in total. The minimum absolute atomic E-state index is 0.0409. The zero-order valence-electron chi connectivity index (χ0n) is 22.3. The van der Waals surface area contributed by atoms with E-state index in [2.05, 4.69) is 23.7 Å². The van der Waals surface area contributed by atoms with Crippen LogP contribution < -0.4 is 0 Å². The maximum absolute atomic E-state index is 13.5. The Morgan fingerprint density at radius 2 is 1.60 bits per heavy atom. The normalized spacial score (nSPS) is 16.2. The summed E-state index contributed by atoms with van der Waals surface area (Å²) in [5.74, 6) is 12.5. The summed E-state index contributed by atoms with van der Waals surface area (Å²) in [7, 11) is -7.31. The number of nitrogens with zero attached hydrogens (tertiary/aromatic N) is 2. The molecule has 4 bridgehead atoms. The lowest BCUT2D eigenvalue weighted by Crippen LogP contribution is -2.32. The number of nitro groups is 1. The number of rotatable bonds is 3. The average molecular weight is 597 g/mol. The van der Waals surface area contributed by atoms with Gasteiger partial charge in [-0.25, -0.2) is 16.8 Å². The summed E-state index contributed by atoms with van der Waals surface area (Å²) in [6.07, 6.45) is 0.860. The van der Waals surface area contributed by atoms with Gasteiger partial charge >= 0.3 is 0 Å². The van der Waals surface area contributed by atoms with E-state index in [0.29, 0.717) is 18.4 Å². The van der Waals surface area contributed by atoms with Crippen LogP contribution in [0.4, 0.5) is 5.69 Å². The van der Waals surface area contributed by atoms with Crippen molar-refractivity contribution < 1.29 is 21.8 Å². The largest absolute Gasteiger partial charge is 0.269 e. The summed E-state index contributed by atoms with van der Waals surface area (Å²) in [6, 6.07) is 20.0. The third kappa shape index (κ3) is 5.17. The highest BCUT2D eigenvalue weighted by atomic mass is 32.2. The topological polar surface area (TPSA) is 115 Å². The van der Waals surface area contributed by atoms with Crippen LogP contribution in [-0.2, 0) is 31.4 Å². The second kappa shape index (κ2) is 10.7. The third-order valence-electron chi connectivity index (χ3n) is 7.42. The standard InChI is InChI=1S/C32H24N2O6S2/c35-34(36)26-14-16-27(17-15-26)42(39,40)33-18-5-1-2-8-23-9-3-4-12-28(23)32-29-13-6-10-24(11-7-19-33)30(29)20-25-21-41(37,38)22-31(25)32/h3-4,6,9-10,12-17,20H,1,5,18-19,21-22H2. The molecular weight excluding hydrogens is 572 g/mol. The molecule has 0 atom stereocenters. The zero-order chi connectivity index (χ0) is 29.5. The molecule has 210 valence electrons. The number of fused-ring (bicyclic) bond motifs is 4. The Kier molecular flexibility index (Phi) is 7.07. The molecule has 0 aromatic heterocycles. The van der Waals surface area contributed by atoms with E-state index in [0.717, 1.165) is 38.6 Å². The quantitative estimate of drug-likeness (QED) is 0.186. The van der Waals surface area contributed by atoms with Crippen molar-refractivity contribution in [3.05, 3.63) is 105 Å². The lowest BCUT2D eigenvalue weighted by Gasteiger charge is -2.19. The van der Waals surface area contributed by atoms with Gasteiger partial charge in [0.25, 0.3) is 5.69 Å². The summed E-state index contributed by atoms with van der Waals surface area (Å²) in [6.45, 7) is 0.0595. The van der Waals surface area contributed by atoms with Gasteiger partial charge in [0.15, 0.2) is 9.84 Å². The summed E-state index contributed by atoms with van der Waals surface area (Å²) in [5.41, 5.74) is 4.44. The maximum Gasteiger partial charge on any atom is 0.269 e. The van der Waals surface area contributed by atoms with Crippen molar-refractivity contribution in [3.8, 4) is 34.8 Å². The second-order valence-corrected chi connectivity index (χ2v) is 14.2. The number of hydrogen-bond donors (Lipinski definition) is 0. The number of benzene rings is 4. The predicted octanol–water partition coefficient (Wildman–Crippen LogP) is 5.03. The molecule has 42 heavy (non-hydrogen) atoms. The SMILES string of the molecule is O=[N+]([O-])c1ccc(S(=O)(=O)N2CC#Cc3cccc4c(c5c(cc34)CS(=O)(=O)C5)-c3ccccc3C#CCCC2)cc1. The molecule has 2 aliphatic heterocycles. The van der Waals surface area contributed by atoms with Gasteiger partial charge in [0.2, 0.25) is 10.0 Å². The van der Waals surface area contributed by atoms with Crippen molar-refractivity contribution in [1.82, 2.24) is 4.31 Å². The van der Waals surface area contributed by atoms with Crippen molar-refractivity contribution in [2.24, 2.45) is 0 Å². The number of hydrogen-bond acceptors (Lipinski definition) is 6. The smallest absolute Gasteiger partial charge is 0.258 e. The molecule has 2 heterocycles. The van der Waals surface area contributed by atoms with Gasteiger partial charge in [-0.3, -0.25) is 10.1 Å². The van der Waals surface area contributed by atoms with Crippen LogP contribution in [0.3, 0.4) is 0 Å². The second-order valence-electron chi connectivity index (χ2n) is 10.2. The predicted molar refractivity (Wildman–Crippen MR) is 161 cm³/mol. The van der Waals surface area contributed by atoms with E-state index < -0.39 is 24.8 Å². The lowest BCUT2D eigenvalue weighted by molar-refractivity contribution is -0.384. The number of nitro benzene ring substituents is 1. The van der Waals surface area contributed by atoms with Crippen LogP contribution in [0, 0.1) is 33.8 Å². The Balaban J connectivity index is 1.51. The van der Waals surface area contributed by atoms with Gasteiger partial charge in [0.1, 0.15) is 0 Å². The summed E-state index contributed by atoms with van der Waals surface area (Å²) >= 11 is 0. The molecule has 0 aliphatic carbocycles. The highest BCUT2D eigenvalue weighted by Crippen LogP contribution is 2.42. The van der Waals surface area contributed by atoms with Gasteiger partial charge in [0, 0.05) is 36.2 Å². The van der Waals surface area contributed by atoms with E-state index >= 15 is 0 Å². The van der Waals surface area contributed by atoms with E-state index in [1.54, 1.807) is 0 Å². The summed E-state index contributed by atoms with van der Waals surface area (Å²) in [5, 5.41) is 12.7. The molecule has 4 aromatic carbocycles. The van der Waals surface area contributed by atoms with Crippen molar-refractivity contribution in [3.63, 3.8) is 0 Å². The van der Waals surface area contributed by atoms with Crippen LogP contribution in [0.25, 0.3) is 21.9 Å². The van der Waals surface area contributed by atoms with Gasteiger partial charge in [-0.1, -0.05) is 54.0 Å². The van der Waals surface area contributed by atoms with Crippen LogP contribution in [0.1, 0.15) is 35.1 Å². The third-order valence-corrected chi connectivity index (χ3v) is 10.8. The molecule has 0 unspecified atom stereocenters. The van der Waals surface area contributed by atoms with E-state index in [-0.39, 0.29) is 35.2 Å². The van der Waals surface area contributed by atoms with Crippen LogP contribution >= 0.6 is 0 Å². The average Bonchev–Trinajstić information content (AvgIpc) is 3.28. The Morgan fingerprint density at radius 1 is 0.857 bits per heavy atom. The fraction of sp³-hybridized carbons (Fsp3) is 0.188. The molecule has 0 saturated heterocycles. The first kappa shape index (κ1) is 27.7. The van der Waals surface area contributed by atoms with Gasteiger partial charge in [0.05, 0.1) is 27.9 Å². The first-order chi connectivity index (χ1) is 20.1. The molecule has 6 rings (SSSR count). The van der Waals surface area contributed by atoms with E-state index in [9.17, 15) is 26.9 Å². The first-order valence-electron chi connectivity index (χ1n) is 13.2. The van der Waals surface area contributed by atoms with Gasteiger partial charge in [-0.05, 0) is 69.8 Å². The van der Waals surface area contributed by atoms with Gasteiger partial charge in [-0.15, -0.1) is 0 Å². The monoisotopic (exact) mass is 596 g/mol. The molecule has 10 heteroatoms. The minimum Gasteiger partial charge on any atom is -0.258 e. The Hall–Kier alpha value is -4.48. The zero-order valence-corrected chi connectivity index (χ0v) is 24.0. The number of sulfone groups is 1. The first-order valence-corrected chi connectivity index (χ1v) is 16.5. The van der Waals surface area contributed by atoms with Crippen molar-refractivity contribution in [1.29, 1.82) is 0 Å². The molecule has 0 fully saturated rings. The molecule has 0 amide bonds. The summed E-state index contributed by atoms with van der Waals surface area (Å²) < 4.78 is 53.9. The molecule has 0 radical (unpaired) electrons. The number of non-ortho nitro benzene ring substituents is 1. The van der Waals surface area contributed by atoms with E-state index in [1.807, 2.05) is 48.5 Å². The Morgan fingerprint density at radius 3 is 2.38 bits per heavy atom. The number of sulfonamides is 1. The molecule has 2 aliphatic rings. The maximum atomic E-state index is 13.5. The molecule has 4 aromatic rings.